The van der Waals surface area contributed by atoms with Gasteiger partial charge in [-0.1, -0.05) is 13.8 Å². The highest BCUT2D eigenvalue weighted by Crippen LogP contribution is 2.34. The van der Waals surface area contributed by atoms with Crippen molar-refractivity contribution in [3.05, 3.63) is 35.7 Å². The third-order valence-corrected chi connectivity index (χ3v) is 3.77. The Morgan fingerprint density at radius 3 is 2.59 bits per heavy atom. The first-order valence-electron chi connectivity index (χ1n) is 7.14. The van der Waals surface area contributed by atoms with Gasteiger partial charge >= 0.3 is 0 Å². The summed E-state index contributed by atoms with van der Waals surface area (Å²) in [4.78, 5) is 8.63. The van der Waals surface area contributed by atoms with Crippen LogP contribution in [0.1, 0.15) is 31.0 Å². The Kier molecular flexibility index (Phi) is 3.48. The Bertz CT molecular complexity index is 837. The van der Waals surface area contributed by atoms with Crippen LogP contribution in [0.5, 0.6) is 11.6 Å². The van der Waals surface area contributed by atoms with E-state index in [1.807, 2.05) is 32.9 Å². The molecule has 1 aromatic carbocycles. The highest BCUT2D eigenvalue weighted by molar-refractivity contribution is 5.93. The summed E-state index contributed by atoms with van der Waals surface area (Å²) in [6.07, 6.45) is 1.63. The number of rotatable bonds is 3. The van der Waals surface area contributed by atoms with Crippen LogP contribution in [0.3, 0.4) is 0 Å². The molecule has 0 bridgehead atoms. The van der Waals surface area contributed by atoms with Crippen molar-refractivity contribution < 1.29 is 14.3 Å². The van der Waals surface area contributed by atoms with E-state index in [9.17, 15) is 5.11 Å². The van der Waals surface area contributed by atoms with Gasteiger partial charge in [0.25, 0.3) is 0 Å². The summed E-state index contributed by atoms with van der Waals surface area (Å²) < 4.78 is 10.8. The standard InChI is InChI=1S/C17H18N2O3/c1-9(2)14-8-22-17(19-14)13-7-12-10(3)15(21-4)6-5-11(12)16(20)18-13/h5-9H,1-4H3,(H,18,20). The SMILES string of the molecule is COc1ccc2c(O)nc(-c3nc(C(C)C)co3)cc2c1C. The normalized spacial score (nSPS) is 11.3. The molecule has 1 N–H and O–H groups in total. The molecule has 5 heteroatoms. The average molecular weight is 298 g/mol. The molecule has 3 aromatic rings. The lowest BCUT2D eigenvalue weighted by Gasteiger charge is -2.09. The van der Waals surface area contributed by atoms with Crippen molar-refractivity contribution in [1.82, 2.24) is 9.97 Å². The van der Waals surface area contributed by atoms with E-state index in [-0.39, 0.29) is 11.8 Å². The van der Waals surface area contributed by atoms with Crippen LogP contribution in [0, 0.1) is 6.92 Å². The quantitative estimate of drug-likeness (QED) is 0.790. The summed E-state index contributed by atoms with van der Waals surface area (Å²) in [5.74, 6) is 1.40. The number of aromatic hydroxyl groups is 1. The van der Waals surface area contributed by atoms with Crippen LogP contribution in [-0.2, 0) is 0 Å². The van der Waals surface area contributed by atoms with Crippen LogP contribution in [0.15, 0.2) is 28.9 Å². The highest BCUT2D eigenvalue weighted by Gasteiger charge is 2.15. The predicted molar refractivity (Wildman–Crippen MR) is 84.3 cm³/mol. The zero-order chi connectivity index (χ0) is 15.9. The fraction of sp³-hybridized carbons (Fsp3) is 0.294. The molecule has 0 radical (unpaired) electrons. The average Bonchev–Trinajstić information content (AvgIpc) is 2.98. The van der Waals surface area contributed by atoms with Crippen molar-refractivity contribution in [2.75, 3.05) is 7.11 Å². The van der Waals surface area contributed by atoms with E-state index >= 15 is 0 Å². The second-order valence-electron chi connectivity index (χ2n) is 5.55. The van der Waals surface area contributed by atoms with Crippen LogP contribution >= 0.6 is 0 Å². The van der Waals surface area contributed by atoms with Crippen molar-refractivity contribution in [1.29, 1.82) is 0 Å². The van der Waals surface area contributed by atoms with Crippen molar-refractivity contribution in [2.24, 2.45) is 0 Å². The number of hydrogen-bond acceptors (Lipinski definition) is 5. The molecule has 2 heterocycles. The minimum atomic E-state index is -0.0393. The minimum Gasteiger partial charge on any atom is -0.496 e. The minimum absolute atomic E-state index is 0.0393. The molecule has 0 spiro atoms. The van der Waals surface area contributed by atoms with Crippen molar-refractivity contribution in [2.45, 2.75) is 26.7 Å². The van der Waals surface area contributed by atoms with Gasteiger partial charge in [0.2, 0.25) is 11.8 Å². The highest BCUT2D eigenvalue weighted by atomic mass is 16.5. The molecule has 0 aliphatic carbocycles. The second-order valence-corrected chi connectivity index (χ2v) is 5.55. The molecular formula is C17H18N2O3. The fourth-order valence-corrected chi connectivity index (χ4v) is 2.43. The molecule has 0 aliphatic rings. The zero-order valence-electron chi connectivity index (χ0n) is 13.0. The van der Waals surface area contributed by atoms with Gasteiger partial charge in [0, 0.05) is 5.39 Å². The molecule has 0 saturated carbocycles. The lowest BCUT2D eigenvalue weighted by atomic mass is 10.0. The fourth-order valence-electron chi connectivity index (χ4n) is 2.43. The van der Waals surface area contributed by atoms with Crippen LogP contribution < -0.4 is 4.74 Å². The lowest BCUT2D eigenvalue weighted by Crippen LogP contribution is -1.92. The Labute approximate surface area is 128 Å². The van der Waals surface area contributed by atoms with Gasteiger partial charge in [-0.2, -0.15) is 0 Å². The smallest absolute Gasteiger partial charge is 0.245 e. The summed E-state index contributed by atoms with van der Waals surface area (Å²) in [5, 5.41) is 11.7. The van der Waals surface area contributed by atoms with Crippen molar-refractivity contribution >= 4 is 10.8 Å². The van der Waals surface area contributed by atoms with Crippen LogP contribution in [0.2, 0.25) is 0 Å². The van der Waals surface area contributed by atoms with E-state index in [2.05, 4.69) is 9.97 Å². The van der Waals surface area contributed by atoms with E-state index in [4.69, 9.17) is 9.15 Å². The molecule has 2 aromatic heterocycles. The maximum atomic E-state index is 10.2. The first kappa shape index (κ1) is 14.4. The van der Waals surface area contributed by atoms with Gasteiger partial charge in [0.05, 0.1) is 12.8 Å². The maximum absolute atomic E-state index is 10.2. The summed E-state index contributed by atoms with van der Waals surface area (Å²) in [5.41, 5.74) is 2.31. The number of pyridine rings is 1. The number of fused-ring (bicyclic) bond motifs is 1. The monoisotopic (exact) mass is 298 g/mol. The Balaban J connectivity index is 2.20. The third kappa shape index (κ3) is 2.28. The first-order valence-corrected chi connectivity index (χ1v) is 7.14. The lowest BCUT2D eigenvalue weighted by molar-refractivity contribution is 0.412. The van der Waals surface area contributed by atoms with Gasteiger partial charge < -0.3 is 14.3 Å². The summed E-state index contributed by atoms with van der Waals surface area (Å²) in [6, 6.07) is 5.48. The Hall–Kier alpha value is -2.56. The zero-order valence-corrected chi connectivity index (χ0v) is 13.0. The van der Waals surface area contributed by atoms with E-state index in [1.54, 1.807) is 19.4 Å². The van der Waals surface area contributed by atoms with Gasteiger partial charge in [-0.15, -0.1) is 0 Å². The van der Waals surface area contributed by atoms with E-state index < -0.39 is 0 Å². The maximum Gasteiger partial charge on any atom is 0.245 e. The molecule has 3 rings (SSSR count). The van der Waals surface area contributed by atoms with Gasteiger partial charge in [0.15, 0.2) is 0 Å². The van der Waals surface area contributed by atoms with Crippen molar-refractivity contribution in [3.8, 4) is 23.2 Å². The topological polar surface area (TPSA) is 68.4 Å². The first-order chi connectivity index (χ1) is 10.5. The second kappa shape index (κ2) is 5.33. The molecule has 0 atom stereocenters. The number of aryl methyl sites for hydroxylation is 1. The molecule has 0 fully saturated rings. The van der Waals surface area contributed by atoms with Crippen LogP contribution in [0.4, 0.5) is 0 Å². The molecule has 114 valence electrons. The number of methoxy groups -OCH3 is 1. The molecular weight excluding hydrogens is 280 g/mol. The van der Waals surface area contributed by atoms with Gasteiger partial charge in [-0.25, -0.2) is 9.97 Å². The van der Waals surface area contributed by atoms with E-state index in [0.29, 0.717) is 17.0 Å². The number of ether oxygens (including phenoxy) is 1. The van der Waals surface area contributed by atoms with E-state index in [0.717, 1.165) is 22.4 Å². The summed E-state index contributed by atoms with van der Waals surface area (Å²) in [6.45, 7) is 6.03. The molecule has 0 aliphatic heterocycles. The van der Waals surface area contributed by atoms with Crippen LogP contribution in [0.25, 0.3) is 22.4 Å². The number of aromatic nitrogens is 2. The molecule has 22 heavy (non-hydrogen) atoms. The summed E-state index contributed by atoms with van der Waals surface area (Å²) in [7, 11) is 1.62. The summed E-state index contributed by atoms with van der Waals surface area (Å²) >= 11 is 0. The van der Waals surface area contributed by atoms with Gasteiger partial charge in [0.1, 0.15) is 17.7 Å². The number of hydrogen-bond donors (Lipinski definition) is 1. The Morgan fingerprint density at radius 1 is 1.18 bits per heavy atom. The largest absolute Gasteiger partial charge is 0.496 e. The number of oxazole rings is 1. The van der Waals surface area contributed by atoms with E-state index in [1.165, 1.54) is 0 Å². The third-order valence-electron chi connectivity index (χ3n) is 3.77. The molecule has 0 unspecified atom stereocenters. The van der Waals surface area contributed by atoms with Gasteiger partial charge in [-0.05, 0) is 42.0 Å². The molecule has 5 nitrogen and oxygen atoms in total. The van der Waals surface area contributed by atoms with Crippen LogP contribution in [-0.4, -0.2) is 22.2 Å². The predicted octanol–water partition coefficient (Wildman–Crippen LogP) is 4.04. The van der Waals surface area contributed by atoms with Gasteiger partial charge in [-0.3, -0.25) is 0 Å². The van der Waals surface area contributed by atoms with Crippen molar-refractivity contribution in [3.63, 3.8) is 0 Å². The number of benzene rings is 1. The number of nitrogens with zero attached hydrogens (tertiary/aromatic N) is 2. The molecule has 0 amide bonds. The molecule has 0 saturated heterocycles. The Morgan fingerprint density at radius 2 is 1.95 bits per heavy atom.